The van der Waals surface area contributed by atoms with Gasteiger partial charge in [0.1, 0.15) is 18.1 Å². The Bertz CT molecular complexity index is 1180. The van der Waals surface area contributed by atoms with Crippen LogP contribution < -0.4 is 15.2 Å². The molecule has 0 aliphatic carbocycles. The number of aliphatic hydroxyl groups excluding tert-OH is 1. The highest BCUT2D eigenvalue weighted by atomic mass is 32.2. The van der Waals surface area contributed by atoms with Crippen molar-refractivity contribution < 1.29 is 32.9 Å². The molecule has 0 aromatic heterocycles. The molecule has 174 valence electrons. The summed E-state index contributed by atoms with van der Waals surface area (Å²) >= 11 is 0. The van der Waals surface area contributed by atoms with Gasteiger partial charge in [0.05, 0.1) is 18.1 Å². The zero-order valence-corrected chi connectivity index (χ0v) is 18.7. The number of rotatable bonds is 10. The van der Waals surface area contributed by atoms with Gasteiger partial charge in [0.25, 0.3) is 0 Å². The number of carboxylic acids is 1. The van der Waals surface area contributed by atoms with Gasteiger partial charge in [0, 0.05) is 6.42 Å². The van der Waals surface area contributed by atoms with Crippen molar-refractivity contribution in [3.63, 3.8) is 0 Å². The Morgan fingerprint density at radius 3 is 2.00 bits per heavy atom. The highest BCUT2D eigenvalue weighted by molar-refractivity contribution is 7.93. The lowest BCUT2D eigenvalue weighted by Gasteiger charge is -2.27. The molecule has 8 nitrogen and oxygen atoms in total. The fraction of sp³-hybridized carbons (Fsp3) is 0.208. The van der Waals surface area contributed by atoms with Crippen LogP contribution in [0.1, 0.15) is 6.42 Å². The maximum Gasteiger partial charge on any atom is 0.340 e. The molecule has 0 spiro atoms. The van der Waals surface area contributed by atoms with Crippen molar-refractivity contribution in [2.75, 3.05) is 13.7 Å². The number of methoxy groups -OCH3 is 1. The average molecular weight is 472 g/mol. The molecule has 0 fully saturated rings. The molecule has 4 N–H and O–H groups in total. The third-order valence-electron chi connectivity index (χ3n) is 5.15. The molecule has 0 bridgehead atoms. The van der Waals surface area contributed by atoms with E-state index in [0.29, 0.717) is 11.5 Å². The molecule has 0 aliphatic rings. The summed E-state index contributed by atoms with van der Waals surface area (Å²) in [7, 11) is -2.99. The highest BCUT2D eigenvalue weighted by Gasteiger charge is 2.49. The van der Waals surface area contributed by atoms with Gasteiger partial charge in [-0.25, -0.2) is 13.2 Å². The summed E-state index contributed by atoms with van der Waals surface area (Å²) in [5.74, 6) is -0.630. The van der Waals surface area contributed by atoms with E-state index in [2.05, 4.69) is 0 Å². The van der Waals surface area contributed by atoms with Gasteiger partial charge in [0.15, 0.2) is 0 Å². The van der Waals surface area contributed by atoms with Crippen LogP contribution in [0.3, 0.4) is 0 Å². The van der Waals surface area contributed by atoms with E-state index in [9.17, 15) is 23.4 Å². The lowest BCUT2D eigenvalue weighted by Crippen LogP contribution is -2.57. The third-order valence-corrected chi connectivity index (χ3v) is 7.35. The fourth-order valence-electron chi connectivity index (χ4n) is 3.25. The Hall–Kier alpha value is -3.40. The normalized spacial score (nSPS) is 14.2. The van der Waals surface area contributed by atoms with Gasteiger partial charge in [-0.15, -0.1) is 0 Å². The van der Waals surface area contributed by atoms with Gasteiger partial charge in [-0.3, -0.25) is 0 Å². The summed E-state index contributed by atoms with van der Waals surface area (Å²) in [4.78, 5) is 8.93. The Kier molecular flexibility index (Phi) is 7.37. The van der Waals surface area contributed by atoms with Crippen molar-refractivity contribution in [1.29, 1.82) is 0 Å². The quantitative estimate of drug-likeness (QED) is 0.411. The largest absolute Gasteiger partial charge is 0.497 e. The van der Waals surface area contributed by atoms with Crippen LogP contribution in [0, 0.1) is 0 Å². The number of benzene rings is 3. The molecular weight excluding hydrogens is 446 g/mol. The van der Waals surface area contributed by atoms with Crippen LogP contribution in [0.2, 0.25) is 0 Å². The van der Waals surface area contributed by atoms with Crippen LogP contribution in [0.5, 0.6) is 11.5 Å². The maximum absolute atomic E-state index is 13.2. The lowest BCUT2D eigenvalue weighted by molar-refractivity contribution is -0.141. The molecule has 0 saturated heterocycles. The van der Waals surface area contributed by atoms with Crippen molar-refractivity contribution in [3.8, 4) is 22.6 Å². The predicted octanol–water partition coefficient (Wildman–Crippen LogP) is 2.71. The van der Waals surface area contributed by atoms with E-state index in [0.717, 1.165) is 11.1 Å². The zero-order valence-electron chi connectivity index (χ0n) is 17.9. The second-order valence-corrected chi connectivity index (χ2v) is 9.64. The molecule has 3 aromatic carbocycles. The molecular formula is C24H25NO7S. The first-order chi connectivity index (χ1) is 15.7. The van der Waals surface area contributed by atoms with Crippen molar-refractivity contribution in [2.45, 2.75) is 22.3 Å². The number of hydrogen-bond donors (Lipinski definition) is 3. The Morgan fingerprint density at radius 1 is 0.939 bits per heavy atom. The fourth-order valence-corrected chi connectivity index (χ4v) is 4.81. The first kappa shape index (κ1) is 24.2. The van der Waals surface area contributed by atoms with Crippen LogP contribution in [-0.2, 0) is 14.6 Å². The number of ether oxygens (including phenoxy) is 2. The zero-order chi connectivity index (χ0) is 24.1. The molecule has 33 heavy (non-hydrogen) atoms. The van der Waals surface area contributed by atoms with Crippen LogP contribution in [-0.4, -0.2) is 49.3 Å². The van der Waals surface area contributed by atoms with E-state index in [1.807, 2.05) is 12.1 Å². The molecule has 2 unspecified atom stereocenters. The lowest BCUT2D eigenvalue weighted by atomic mass is 10.1. The second-order valence-electron chi connectivity index (χ2n) is 7.43. The number of sulfone groups is 1. The Morgan fingerprint density at radius 2 is 1.48 bits per heavy atom. The predicted molar refractivity (Wildman–Crippen MR) is 123 cm³/mol. The average Bonchev–Trinajstić information content (AvgIpc) is 2.83. The maximum atomic E-state index is 13.2. The van der Waals surface area contributed by atoms with Crippen LogP contribution >= 0.6 is 0 Å². The van der Waals surface area contributed by atoms with E-state index in [-0.39, 0.29) is 11.5 Å². The molecule has 3 rings (SSSR count). The van der Waals surface area contributed by atoms with E-state index in [1.54, 1.807) is 61.7 Å². The summed E-state index contributed by atoms with van der Waals surface area (Å²) in [5.41, 5.74) is 7.44. The minimum atomic E-state index is -4.54. The molecule has 9 heteroatoms. The smallest absolute Gasteiger partial charge is 0.340 e. The van der Waals surface area contributed by atoms with Crippen molar-refractivity contribution in [2.24, 2.45) is 5.73 Å². The highest BCUT2D eigenvalue weighted by Crippen LogP contribution is 2.29. The van der Waals surface area contributed by atoms with Crippen molar-refractivity contribution >= 4 is 15.8 Å². The number of nitrogens with two attached hydrogens (primary N) is 1. The van der Waals surface area contributed by atoms with Gasteiger partial charge in [-0.2, -0.15) is 0 Å². The van der Waals surface area contributed by atoms with Gasteiger partial charge >= 0.3 is 5.97 Å². The summed E-state index contributed by atoms with van der Waals surface area (Å²) in [5, 5.41) is 20.0. The van der Waals surface area contributed by atoms with Gasteiger partial charge < -0.3 is 25.4 Å². The minimum absolute atomic E-state index is 0.263. The van der Waals surface area contributed by atoms with E-state index >= 15 is 0 Å². The SMILES string of the molecule is COc1ccc(-c2ccc(S(=O)(=O)C(N)(CC(O)COc3ccccc3)C(=O)O)cc2)cc1. The van der Waals surface area contributed by atoms with E-state index in [4.69, 9.17) is 15.2 Å². The number of carbonyl (C=O) groups is 1. The van der Waals surface area contributed by atoms with Crippen LogP contribution in [0.25, 0.3) is 11.1 Å². The first-order valence-electron chi connectivity index (χ1n) is 10.0. The Labute approximate surface area is 192 Å². The van der Waals surface area contributed by atoms with Gasteiger partial charge in [0.2, 0.25) is 14.7 Å². The van der Waals surface area contributed by atoms with Crippen LogP contribution in [0.4, 0.5) is 0 Å². The summed E-state index contributed by atoms with van der Waals surface area (Å²) in [6.07, 6.45) is -2.18. The molecule has 3 aromatic rings. The topological polar surface area (TPSA) is 136 Å². The number of hydrogen-bond acceptors (Lipinski definition) is 7. The number of aliphatic hydroxyl groups is 1. The molecule has 0 aliphatic heterocycles. The molecule has 0 amide bonds. The molecule has 2 atom stereocenters. The Balaban J connectivity index is 1.79. The van der Waals surface area contributed by atoms with Gasteiger partial charge in [-0.05, 0) is 47.5 Å². The summed E-state index contributed by atoms with van der Waals surface area (Å²) in [6, 6.07) is 21.4. The molecule has 0 radical (unpaired) electrons. The standard InChI is InChI=1S/C24H25NO7S/c1-31-20-11-7-17(8-12-20)18-9-13-22(14-10-18)33(29,30)24(25,23(27)28)15-19(26)16-32-21-5-3-2-4-6-21/h2-14,19,26H,15-16,25H2,1H3,(H,27,28). The second kappa shape index (κ2) is 10.0. The summed E-state index contributed by atoms with van der Waals surface area (Å²) < 4.78 is 36.8. The monoisotopic (exact) mass is 471 g/mol. The van der Waals surface area contributed by atoms with Crippen molar-refractivity contribution in [3.05, 3.63) is 78.9 Å². The number of aliphatic carboxylic acids is 1. The van der Waals surface area contributed by atoms with Crippen LogP contribution in [0.15, 0.2) is 83.8 Å². The summed E-state index contributed by atoms with van der Waals surface area (Å²) in [6.45, 7) is -0.317. The minimum Gasteiger partial charge on any atom is -0.497 e. The third kappa shape index (κ3) is 5.33. The number of carboxylic acid groups (broad SMARTS) is 1. The molecule has 0 heterocycles. The van der Waals surface area contributed by atoms with E-state index in [1.165, 1.54) is 12.1 Å². The first-order valence-corrected chi connectivity index (χ1v) is 11.5. The van der Waals surface area contributed by atoms with Crippen molar-refractivity contribution in [1.82, 2.24) is 0 Å². The number of para-hydroxylation sites is 1. The van der Waals surface area contributed by atoms with Gasteiger partial charge in [-0.1, -0.05) is 42.5 Å². The molecule has 0 saturated carbocycles. The van der Waals surface area contributed by atoms with E-state index < -0.39 is 33.2 Å².